The summed E-state index contributed by atoms with van der Waals surface area (Å²) < 4.78 is 29.2. The van der Waals surface area contributed by atoms with Crippen LogP contribution < -0.4 is 14.9 Å². The number of sulfonamides is 1. The quantitative estimate of drug-likeness (QED) is 0.326. The Bertz CT molecular complexity index is 1500. The summed E-state index contributed by atoms with van der Waals surface area (Å²) in [7, 11) is -3.79. The van der Waals surface area contributed by atoms with Crippen LogP contribution in [-0.2, 0) is 10.0 Å². The first-order valence-electron chi connectivity index (χ1n) is 12.2. The molecule has 0 atom stereocenters. The lowest BCUT2D eigenvalue weighted by atomic mass is 10.1. The molecule has 0 radical (unpaired) electrons. The number of rotatable bonds is 8. The van der Waals surface area contributed by atoms with E-state index in [0.29, 0.717) is 6.54 Å². The number of amides is 1. The lowest BCUT2D eigenvalue weighted by Crippen LogP contribution is -2.48. The molecule has 2 heterocycles. The first-order chi connectivity index (χ1) is 17.9. The zero-order valence-electron chi connectivity index (χ0n) is 21.0. The number of piperazine rings is 1. The van der Waals surface area contributed by atoms with Gasteiger partial charge in [-0.05, 0) is 42.8 Å². The fraction of sp³-hybridized carbons (Fsp3) is 0.259. The van der Waals surface area contributed by atoms with E-state index < -0.39 is 10.0 Å². The minimum atomic E-state index is -3.79. The van der Waals surface area contributed by atoms with Gasteiger partial charge in [-0.1, -0.05) is 53.8 Å². The minimum absolute atomic E-state index is 0. The number of nitrogens with one attached hydrogen (secondary N) is 2. The van der Waals surface area contributed by atoms with E-state index in [4.69, 9.17) is 4.98 Å². The third-order valence-corrected chi connectivity index (χ3v) is 8.90. The fourth-order valence-corrected chi connectivity index (χ4v) is 6.56. The van der Waals surface area contributed by atoms with E-state index in [1.165, 1.54) is 22.4 Å². The Labute approximate surface area is 233 Å². The third kappa shape index (κ3) is 6.27. The van der Waals surface area contributed by atoms with Gasteiger partial charge in [-0.2, -0.15) is 0 Å². The molecule has 4 aromatic rings. The Balaban J connectivity index is 0.00000336. The Morgan fingerprint density at radius 3 is 2.39 bits per heavy atom. The molecule has 38 heavy (non-hydrogen) atoms. The highest BCUT2D eigenvalue weighted by molar-refractivity contribution is 7.92. The van der Waals surface area contributed by atoms with E-state index in [1.807, 2.05) is 0 Å². The predicted molar refractivity (Wildman–Crippen MR) is 156 cm³/mol. The van der Waals surface area contributed by atoms with Crippen molar-refractivity contribution >= 4 is 60.7 Å². The average molecular weight is 572 g/mol. The van der Waals surface area contributed by atoms with Gasteiger partial charge in [-0.15, -0.1) is 12.4 Å². The summed E-state index contributed by atoms with van der Waals surface area (Å²) in [5.74, 6) is -0.310. The lowest BCUT2D eigenvalue weighted by molar-refractivity contribution is 0.0948. The van der Waals surface area contributed by atoms with Crippen LogP contribution in [0.2, 0.25) is 0 Å². The number of para-hydroxylation sites is 2. The second-order valence-electron chi connectivity index (χ2n) is 8.97. The summed E-state index contributed by atoms with van der Waals surface area (Å²) >= 11 is 1.73. The maximum Gasteiger partial charge on any atom is 0.261 e. The molecule has 0 unspecified atom stereocenters. The maximum atomic E-state index is 12.9. The number of anilines is 2. The number of carbonyl (C=O) groups is 1. The molecule has 5 rings (SSSR count). The molecule has 1 saturated heterocycles. The highest BCUT2D eigenvalue weighted by atomic mass is 35.5. The number of nitrogens with zero attached hydrogens (tertiary/aromatic N) is 3. The fourth-order valence-electron chi connectivity index (χ4n) is 4.37. The van der Waals surface area contributed by atoms with Gasteiger partial charge in [-0.25, -0.2) is 13.4 Å². The van der Waals surface area contributed by atoms with E-state index in [2.05, 4.69) is 45.0 Å². The lowest BCUT2D eigenvalue weighted by Gasteiger charge is -2.34. The molecule has 11 heteroatoms. The Kier molecular flexibility index (Phi) is 8.88. The van der Waals surface area contributed by atoms with E-state index in [-0.39, 0.29) is 34.5 Å². The summed E-state index contributed by atoms with van der Waals surface area (Å²) in [5.41, 5.74) is 2.82. The number of thiazole rings is 1. The second-order valence-corrected chi connectivity index (χ2v) is 11.7. The molecule has 0 bridgehead atoms. The molecule has 1 aliphatic heterocycles. The number of hydrogen-bond acceptors (Lipinski definition) is 7. The smallest absolute Gasteiger partial charge is 0.261 e. The van der Waals surface area contributed by atoms with Crippen LogP contribution in [0.3, 0.4) is 0 Å². The van der Waals surface area contributed by atoms with E-state index in [1.54, 1.807) is 53.8 Å². The monoisotopic (exact) mass is 571 g/mol. The second kappa shape index (κ2) is 12.1. The Morgan fingerprint density at radius 1 is 0.947 bits per heavy atom. The molecule has 1 aromatic heterocycles. The van der Waals surface area contributed by atoms with Gasteiger partial charge in [0.2, 0.25) is 0 Å². The summed E-state index contributed by atoms with van der Waals surface area (Å²) in [6.45, 7) is 6.83. The van der Waals surface area contributed by atoms with Crippen molar-refractivity contribution in [3.63, 3.8) is 0 Å². The molecule has 1 aliphatic rings. The van der Waals surface area contributed by atoms with Gasteiger partial charge in [0.15, 0.2) is 5.13 Å². The molecule has 1 fully saturated rings. The van der Waals surface area contributed by atoms with Crippen molar-refractivity contribution in [2.24, 2.45) is 0 Å². The van der Waals surface area contributed by atoms with Crippen molar-refractivity contribution in [2.75, 3.05) is 48.9 Å². The standard InChI is InChI=1S/C27H29N5O3S2.ClH/c1-20-8-7-13-24-25(20)29-27(36-24)32-18-16-31(17-19-32)15-14-28-26(33)22-11-5-6-12-23(22)30-37(34,35)21-9-3-2-4-10-21;/h2-13,30H,14-19H2,1H3,(H,28,33);1H. The van der Waals surface area contributed by atoms with Crippen molar-refractivity contribution in [1.82, 2.24) is 15.2 Å². The normalized spacial score (nSPS) is 14.2. The van der Waals surface area contributed by atoms with Gasteiger partial charge in [0.25, 0.3) is 15.9 Å². The van der Waals surface area contributed by atoms with Crippen molar-refractivity contribution in [3.05, 3.63) is 83.9 Å². The number of benzene rings is 3. The molecule has 1 amide bonds. The summed E-state index contributed by atoms with van der Waals surface area (Å²) in [5, 5.41) is 4.00. The zero-order chi connectivity index (χ0) is 25.8. The Morgan fingerprint density at radius 2 is 1.66 bits per heavy atom. The van der Waals surface area contributed by atoms with Gasteiger partial charge in [0.05, 0.1) is 26.4 Å². The highest BCUT2D eigenvalue weighted by Gasteiger charge is 2.21. The highest BCUT2D eigenvalue weighted by Crippen LogP contribution is 2.31. The Hall–Kier alpha value is -3.18. The van der Waals surface area contributed by atoms with Crippen LogP contribution in [0, 0.1) is 6.92 Å². The van der Waals surface area contributed by atoms with Crippen LogP contribution in [0.5, 0.6) is 0 Å². The van der Waals surface area contributed by atoms with Crippen LogP contribution in [0.1, 0.15) is 15.9 Å². The maximum absolute atomic E-state index is 12.9. The number of halogens is 1. The number of aromatic nitrogens is 1. The SMILES string of the molecule is Cc1cccc2sc(N3CCN(CCNC(=O)c4ccccc4NS(=O)(=O)c4ccccc4)CC3)nc12.Cl. The first-order valence-corrected chi connectivity index (χ1v) is 14.5. The van der Waals surface area contributed by atoms with Crippen molar-refractivity contribution < 1.29 is 13.2 Å². The molecule has 200 valence electrons. The summed E-state index contributed by atoms with van der Waals surface area (Å²) in [6.07, 6.45) is 0. The number of aryl methyl sites for hydroxylation is 1. The van der Waals surface area contributed by atoms with Crippen LogP contribution >= 0.6 is 23.7 Å². The third-order valence-electron chi connectivity index (χ3n) is 6.44. The minimum Gasteiger partial charge on any atom is -0.351 e. The molecule has 2 N–H and O–H groups in total. The zero-order valence-corrected chi connectivity index (χ0v) is 23.4. The van der Waals surface area contributed by atoms with E-state index in [9.17, 15) is 13.2 Å². The van der Waals surface area contributed by atoms with Crippen LogP contribution in [0.4, 0.5) is 10.8 Å². The van der Waals surface area contributed by atoms with Crippen molar-refractivity contribution in [1.29, 1.82) is 0 Å². The molecule has 0 spiro atoms. The topological polar surface area (TPSA) is 94.6 Å². The summed E-state index contributed by atoms with van der Waals surface area (Å²) in [6, 6.07) is 21.0. The predicted octanol–water partition coefficient (Wildman–Crippen LogP) is 4.38. The van der Waals surface area contributed by atoms with Gasteiger partial charge >= 0.3 is 0 Å². The van der Waals surface area contributed by atoms with Crippen LogP contribution in [-0.4, -0.2) is 63.5 Å². The van der Waals surface area contributed by atoms with Crippen molar-refractivity contribution in [3.8, 4) is 0 Å². The molecule has 0 saturated carbocycles. The van der Waals surface area contributed by atoms with Gasteiger partial charge in [0.1, 0.15) is 0 Å². The van der Waals surface area contributed by atoms with E-state index in [0.717, 1.165) is 43.4 Å². The molecular weight excluding hydrogens is 542 g/mol. The van der Waals surface area contributed by atoms with Crippen LogP contribution in [0.25, 0.3) is 10.2 Å². The number of hydrogen-bond donors (Lipinski definition) is 2. The molecule has 0 aliphatic carbocycles. The van der Waals surface area contributed by atoms with Crippen molar-refractivity contribution in [2.45, 2.75) is 11.8 Å². The average Bonchev–Trinajstić information content (AvgIpc) is 3.35. The molecular formula is C27H30ClN5O3S2. The molecule has 3 aromatic carbocycles. The number of carbonyl (C=O) groups excluding carboxylic acids is 1. The summed E-state index contributed by atoms with van der Waals surface area (Å²) in [4.78, 5) is 22.5. The van der Waals surface area contributed by atoms with Gasteiger partial charge in [0, 0.05) is 39.3 Å². The van der Waals surface area contributed by atoms with Gasteiger partial charge < -0.3 is 10.2 Å². The van der Waals surface area contributed by atoms with Crippen LogP contribution in [0.15, 0.2) is 77.7 Å². The van der Waals surface area contributed by atoms with Gasteiger partial charge in [-0.3, -0.25) is 14.4 Å². The number of fused-ring (bicyclic) bond motifs is 1. The van der Waals surface area contributed by atoms with E-state index >= 15 is 0 Å². The first kappa shape index (κ1) is 27.8. The molecule has 8 nitrogen and oxygen atoms in total. The largest absolute Gasteiger partial charge is 0.351 e.